The lowest BCUT2D eigenvalue weighted by Gasteiger charge is -2.44. The molecule has 2 aromatic heterocycles. The topological polar surface area (TPSA) is 155 Å². The number of nitro groups is 1. The molecule has 1 aliphatic heterocycles. The van der Waals surface area contributed by atoms with Crippen LogP contribution < -0.4 is 10.6 Å². The van der Waals surface area contributed by atoms with Gasteiger partial charge in [0.05, 0.1) is 35.3 Å². The fourth-order valence-electron chi connectivity index (χ4n) is 5.87. The summed E-state index contributed by atoms with van der Waals surface area (Å²) in [5, 5.41) is 13.4. The minimum atomic E-state index is -1.17. The number of thiophene rings is 1. The average Bonchev–Trinajstić information content (AvgIpc) is 3.52. The fourth-order valence-corrected chi connectivity index (χ4v) is 6.73. The van der Waals surface area contributed by atoms with E-state index in [0.717, 1.165) is 4.88 Å². The van der Waals surface area contributed by atoms with Gasteiger partial charge in [0.15, 0.2) is 5.78 Å². The third-order valence-electron chi connectivity index (χ3n) is 7.63. The summed E-state index contributed by atoms with van der Waals surface area (Å²) in [6.45, 7) is 5.17. The summed E-state index contributed by atoms with van der Waals surface area (Å²) >= 11 is 1.42. The maximum Gasteiger partial charge on any atom is 0.338 e. The van der Waals surface area contributed by atoms with Crippen molar-refractivity contribution < 1.29 is 28.8 Å². The zero-order chi connectivity index (χ0) is 30.8. The predicted molar refractivity (Wildman–Crippen MR) is 159 cm³/mol. The number of nitro benzene ring substituents is 1. The van der Waals surface area contributed by atoms with Crippen LogP contribution in [-0.2, 0) is 23.9 Å². The lowest BCUT2D eigenvalue weighted by Crippen LogP contribution is -2.46. The van der Waals surface area contributed by atoms with Crippen molar-refractivity contribution in [3.8, 4) is 0 Å². The van der Waals surface area contributed by atoms with E-state index in [-0.39, 0.29) is 42.3 Å². The van der Waals surface area contributed by atoms with Gasteiger partial charge in [-0.25, -0.2) is 4.79 Å². The van der Waals surface area contributed by atoms with Crippen LogP contribution in [0, 0.1) is 23.0 Å². The number of nitrogens with two attached hydrogens (primary N) is 1. The zero-order valence-electron chi connectivity index (χ0n) is 23.8. The number of ketones is 1. The number of benzene rings is 1. The van der Waals surface area contributed by atoms with E-state index < -0.39 is 40.4 Å². The molecule has 0 amide bonds. The Bertz CT molecular complexity index is 1650. The highest BCUT2D eigenvalue weighted by Gasteiger charge is 2.51. The number of pyridine rings is 1. The number of ether oxygens (including phenoxy) is 2. The molecular weight excluding hydrogens is 572 g/mol. The number of Topliss-reactive ketones (excluding diaryl/α,β-unsaturated/α-hetero) is 1. The van der Waals surface area contributed by atoms with Crippen molar-refractivity contribution in [1.82, 2.24) is 4.98 Å². The maximum atomic E-state index is 14.7. The van der Waals surface area contributed by atoms with Gasteiger partial charge >= 0.3 is 11.9 Å². The molecule has 0 unspecified atom stereocenters. The summed E-state index contributed by atoms with van der Waals surface area (Å²) in [5.41, 5.74) is 8.91. The van der Waals surface area contributed by atoms with Gasteiger partial charge in [0.25, 0.3) is 5.69 Å². The summed E-state index contributed by atoms with van der Waals surface area (Å²) in [7, 11) is 0. The van der Waals surface area contributed by atoms with Gasteiger partial charge in [0.2, 0.25) is 0 Å². The van der Waals surface area contributed by atoms with E-state index in [4.69, 9.17) is 15.2 Å². The number of anilines is 1. The number of carbonyl (C=O) groups is 3. The fraction of sp³-hybridized carbons (Fsp3) is 0.290. The van der Waals surface area contributed by atoms with E-state index in [9.17, 15) is 24.5 Å². The molecule has 2 N–H and O–H groups in total. The van der Waals surface area contributed by atoms with Crippen molar-refractivity contribution in [1.29, 1.82) is 0 Å². The number of allylic oxidation sites excluding steroid dienone is 2. The third-order valence-corrected chi connectivity index (χ3v) is 8.64. The van der Waals surface area contributed by atoms with Gasteiger partial charge in [-0.3, -0.25) is 29.6 Å². The SMILES string of the molecule is CCOC(=O)C1=C(N)N(c2ccc([N+](=O)[O-])cc2C)C2=C(C(=O)[C@H](C(=O)OCC)[C@H](c3cccs3)C2)[C@@H]1c1cccnc1. The third kappa shape index (κ3) is 5.29. The maximum absolute atomic E-state index is 14.7. The molecule has 3 heterocycles. The minimum absolute atomic E-state index is 0.0110. The van der Waals surface area contributed by atoms with E-state index in [1.54, 1.807) is 56.3 Å². The van der Waals surface area contributed by atoms with Gasteiger partial charge in [0.1, 0.15) is 11.7 Å². The summed E-state index contributed by atoms with van der Waals surface area (Å²) in [4.78, 5) is 59.4. The first kappa shape index (κ1) is 29.6. The molecule has 11 nitrogen and oxygen atoms in total. The van der Waals surface area contributed by atoms with Crippen molar-refractivity contribution in [3.05, 3.63) is 109 Å². The van der Waals surface area contributed by atoms with Crippen LogP contribution in [0.2, 0.25) is 0 Å². The highest BCUT2D eigenvalue weighted by molar-refractivity contribution is 7.10. The first-order chi connectivity index (χ1) is 20.7. The molecule has 0 radical (unpaired) electrons. The number of esters is 2. The number of hydrogen-bond acceptors (Lipinski definition) is 11. The lowest BCUT2D eigenvalue weighted by molar-refractivity contribution is -0.384. The Hall–Kier alpha value is -4.84. The second-order valence-electron chi connectivity index (χ2n) is 10.1. The quantitative estimate of drug-likeness (QED) is 0.163. The van der Waals surface area contributed by atoms with Gasteiger partial charge in [0, 0.05) is 46.6 Å². The summed E-state index contributed by atoms with van der Waals surface area (Å²) in [5.74, 6) is -4.57. The Morgan fingerprint density at radius 2 is 1.93 bits per heavy atom. The normalized spacial score (nSPS) is 20.1. The Balaban J connectivity index is 1.83. The Kier molecular flexibility index (Phi) is 8.40. The van der Waals surface area contributed by atoms with E-state index in [0.29, 0.717) is 22.5 Å². The van der Waals surface area contributed by atoms with E-state index in [1.807, 2.05) is 17.5 Å². The van der Waals surface area contributed by atoms with Crippen molar-refractivity contribution in [2.24, 2.45) is 11.7 Å². The Morgan fingerprint density at radius 3 is 2.53 bits per heavy atom. The molecule has 0 fully saturated rings. The molecule has 2 aliphatic rings. The molecule has 0 spiro atoms. The predicted octanol–water partition coefficient (Wildman–Crippen LogP) is 4.89. The van der Waals surface area contributed by atoms with Crippen LogP contribution in [0.25, 0.3) is 0 Å². The number of rotatable bonds is 8. The van der Waals surface area contributed by atoms with E-state index >= 15 is 0 Å². The first-order valence-electron chi connectivity index (χ1n) is 13.8. The standard InChI is InChI=1S/C31H30N4O7S/c1-4-41-30(37)25-20(23-9-7-13-43-23)15-22-26(28(25)36)24(18-8-6-12-33-16-18)27(31(38)42-5-2)29(32)34(22)21-11-10-19(35(39)40)14-17(21)3/h6-14,16,20,24-25H,4-5,15,32H2,1-3H3/t20-,24-,25+/m0/s1. The molecular formula is C31H30N4O7S. The van der Waals surface area contributed by atoms with Gasteiger partial charge in [-0.1, -0.05) is 12.1 Å². The number of aromatic nitrogens is 1. The molecule has 3 atom stereocenters. The minimum Gasteiger partial charge on any atom is -0.465 e. The number of non-ortho nitro benzene ring substituents is 1. The summed E-state index contributed by atoms with van der Waals surface area (Å²) in [6.07, 6.45) is 3.32. The van der Waals surface area contributed by atoms with Crippen LogP contribution in [0.5, 0.6) is 0 Å². The van der Waals surface area contributed by atoms with Crippen LogP contribution in [0.3, 0.4) is 0 Å². The molecule has 3 aromatic rings. The molecule has 43 heavy (non-hydrogen) atoms. The Labute approximate surface area is 251 Å². The second-order valence-corrected chi connectivity index (χ2v) is 11.1. The van der Waals surface area contributed by atoms with Crippen LogP contribution in [0.1, 0.15) is 48.1 Å². The zero-order valence-corrected chi connectivity index (χ0v) is 24.6. The summed E-state index contributed by atoms with van der Waals surface area (Å²) < 4.78 is 10.8. The van der Waals surface area contributed by atoms with Crippen molar-refractivity contribution >= 4 is 40.4 Å². The van der Waals surface area contributed by atoms with Crippen molar-refractivity contribution in [2.75, 3.05) is 18.1 Å². The van der Waals surface area contributed by atoms with E-state index in [1.165, 1.54) is 23.5 Å². The first-order valence-corrected chi connectivity index (χ1v) is 14.7. The van der Waals surface area contributed by atoms with Gasteiger partial charge < -0.3 is 15.2 Å². The lowest BCUT2D eigenvalue weighted by atomic mass is 9.68. The van der Waals surface area contributed by atoms with Crippen LogP contribution >= 0.6 is 11.3 Å². The Morgan fingerprint density at radius 1 is 1.16 bits per heavy atom. The molecule has 1 aliphatic carbocycles. The highest BCUT2D eigenvalue weighted by atomic mass is 32.1. The summed E-state index contributed by atoms with van der Waals surface area (Å²) in [6, 6.07) is 11.4. The molecule has 1 aromatic carbocycles. The van der Waals surface area contributed by atoms with E-state index in [2.05, 4.69) is 4.98 Å². The van der Waals surface area contributed by atoms with Crippen LogP contribution in [0.4, 0.5) is 11.4 Å². The van der Waals surface area contributed by atoms with Gasteiger partial charge in [-0.05, 0) is 61.9 Å². The van der Waals surface area contributed by atoms with Crippen LogP contribution in [-0.4, -0.2) is 40.8 Å². The molecule has 12 heteroatoms. The molecule has 222 valence electrons. The number of carbonyl (C=O) groups excluding carboxylic acids is 3. The monoisotopic (exact) mass is 602 g/mol. The smallest absolute Gasteiger partial charge is 0.338 e. The molecule has 0 bridgehead atoms. The number of nitrogens with zero attached hydrogens (tertiary/aromatic N) is 3. The highest BCUT2D eigenvalue weighted by Crippen LogP contribution is 2.52. The second kappa shape index (κ2) is 12.2. The molecule has 0 saturated heterocycles. The van der Waals surface area contributed by atoms with Crippen molar-refractivity contribution in [3.63, 3.8) is 0 Å². The molecule has 5 rings (SSSR count). The van der Waals surface area contributed by atoms with Gasteiger partial charge in [-0.2, -0.15) is 0 Å². The van der Waals surface area contributed by atoms with Crippen LogP contribution in [0.15, 0.2) is 82.9 Å². The largest absolute Gasteiger partial charge is 0.465 e. The number of hydrogen-bond donors (Lipinski definition) is 1. The average molecular weight is 603 g/mol. The van der Waals surface area contributed by atoms with Gasteiger partial charge in [-0.15, -0.1) is 11.3 Å². The number of aryl methyl sites for hydroxylation is 1. The van der Waals surface area contributed by atoms with Crippen molar-refractivity contribution in [2.45, 2.75) is 39.0 Å². The molecule has 0 saturated carbocycles.